The summed E-state index contributed by atoms with van der Waals surface area (Å²) in [4.78, 5) is 39.7. The molecule has 0 saturated heterocycles. The van der Waals surface area contributed by atoms with E-state index in [0.717, 1.165) is 11.3 Å². The van der Waals surface area contributed by atoms with Gasteiger partial charge in [-0.2, -0.15) is 0 Å². The smallest absolute Gasteiger partial charge is 0.267 e. The number of hydrogen-bond acceptors (Lipinski definition) is 7. The minimum atomic E-state index is -1.04. The lowest BCUT2D eigenvalue weighted by Crippen LogP contribution is -2.50. The zero-order valence-corrected chi connectivity index (χ0v) is 18.6. The summed E-state index contributed by atoms with van der Waals surface area (Å²) in [7, 11) is 0. The van der Waals surface area contributed by atoms with Gasteiger partial charge in [0.05, 0.1) is 6.54 Å². The van der Waals surface area contributed by atoms with Crippen LogP contribution in [0.1, 0.15) is 28.9 Å². The highest BCUT2D eigenvalue weighted by Crippen LogP contribution is 2.10. The number of hydroxylamine groups is 1. The van der Waals surface area contributed by atoms with Crippen LogP contribution in [0.25, 0.3) is 0 Å². The largest absolute Gasteiger partial charge is 0.376 e. The molecule has 186 valence electrons. The van der Waals surface area contributed by atoms with E-state index in [0.29, 0.717) is 16.8 Å². The Labute approximate surface area is 209 Å². The van der Waals surface area contributed by atoms with Crippen molar-refractivity contribution in [2.45, 2.75) is 13.5 Å². The van der Waals surface area contributed by atoms with E-state index < -0.39 is 17.9 Å². The maximum Gasteiger partial charge on any atom is 0.267 e. The molecule has 0 aliphatic heterocycles. The Balaban J connectivity index is 0.00000456. The molecule has 1 heterocycles. The van der Waals surface area contributed by atoms with Crippen molar-refractivity contribution in [3.05, 3.63) is 89.7 Å². The molecule has 1 atom stereocenters. The van der Waals surface area contributed by atoms with E-state index in [1.54, 1.807) is 73.1 Å². The first-order chi connectivity index (χ1) is 17.0. The number of nitrogens with one attached hydrogen (secondary N) is 4. The van der Waals surface area contributed by atoms with Gasteiger partial charge in [-0.15, -0.1) is 0 Å². The van der Waals surface area contributed by atoms with Crippen LogP contribution in [0.3, 0.4) is 0 Å². The van der Waals surface area contributed by atoms with Crippen molar-refractivity contribution in [2.24, 2.45) is 5.73 Å². The number of carbonyl (C=O) groups excluding carboxylic acids is 3. The second-order valence-corrected chi connectivity index (χ2v) is 7.28. The maximum atomic E-state index is 12.2. The van der Waals surface area contributed by atoms with Gasteiger partial charge in [-0.3, -0.25) is 24.6 Å². The Morgan fingerprint density at radius 3 is 2.03 bits per heavy atom. The van der Waals surface area contributed by atoms with Gasteiger partial charge in [0, 0.05) is 47.0 Å². The zero-order valence-electron chi connectivity index (χ0n) is 18.6. The number of rotatable bonds is 8. The molecule has 0 aliphatic rings. The summed E-state index contributed by atoms with van der Waals surface area (Å²) in [6.07, 6.45) is 3.29. The molecule has 0 radical (unpaired) electrons. The summed E-state index contributed by atoms with van der Waals surface area (Å²) >= 11 is 0. The fraction of sp³-hybridized carbons (Fsp3) is 0.154. The predicted molar refractivity (Wildman–Crippen MR) is 137 cm³/mol. The number of pyridine rings is 1. The van der Waals surface area contributed by atoms with E-state index in [2.05, 4.69) is 32.8 Å². The van der Waals surface area contributed by atoms with E-state index >= 15 is 0 Å². The molecule has 7 N–H and O–H groups in total. The second-order valence-electron chi connectivity index (χ2n) is 7.28. The summed E-state index contributed by atoms with van der Waals surface area (Å²) in [5.74, 6) is 4.55. The van der Waals surface area contributed by atoms with Gasteiger partial charge < -0.3 is 21.7 Å². The molecule has 0 spiro atoms. The highest BCUT2D eigenvalue weighted by Gasteiger charge is 2.19. The summed E-state index contributed by atoms with van der Waals surface area (Å²) in [5, 5.41) is 16.9. The normalized spacial score (nSPS) is 10.5. The van der Waals surface area contributed by atoms with Crippen LogP contribution in [-0.4, -0.2) is 47.0 Å². The van der Waals surface area contributed by atoms with E-state index in [1.165, 1.54) is 5.48 Å². The molecule has 3 amide bonds. The van der Waals surface area contributed by atoms with Crippen molar-refractivity contribution >= 4 is 29.1 Å². The van der Waals surface area contributed by atoms with Crippen molar-refractivity contribution in [3.8, 4) is 11.8 Å². The van der Waals surface area contributed by atoms with Gasteiger partial charge in [0.2, 0.25) is 5.91 Å². The molecule has 36 heavy (non-hydrogen) atoms. The molecule has 0 bridgehead atoms. The number of carbonyl (C=O) groups is 3. The van der Waals surface area contributed by atoms with Crippen molar-refractivity contribution in [1.82, 2.24) is 15.8 Å². The molecule has 3 aromatic rings. The SMILES string of the molecule is C.NC[C@H](NC(=O)c1ccc(C#Cc2ccc(NC(=O)CNc3ccncc3)cc2)cc1)C(=O)NO. The third kappa shape index (κ3) is 8.25. The number of amides is 3. The molecule has 0 fully saturated rings. The third-order valence-electron chi connectivity index (χ3n) is 4.77. The Morgan fingerprint density at radius 2 is 1.47 bits per heavy atom. The Kier molecular flexibility index (Phi) is 10.6. The summed E-state index contributed by atoms with van der Waals surface area (Å²) < 4.78 is 0. The molecule has 10 heteroatoms. The Morgan fingerprint density at radius 1 is 0.889 bits per heavy atom. The van der Waals surface area contributed by atoms with Gasteiger partial charge in [-0.25, -0.2) is 5.48 Å². The second kappa shape index (κ2) is 13.9. The standard InChI is InChI=1S/C25H24N6O4.CH4/c26-15-22(25(34)31-35)30-24(33)19-7-3-17(4-8-19)1-2-18-5-9-21(10-6-18)29-23(32)16-28-20-11-13-27-14-12-20;/h3-14,22,35H,15-16,26H2,(H,27,28)(H,29,32)(H,30,33)(H,31,34);1H4/t22-;/m0./s1. The number of hydrogen-bond donors (Lipinski definition) is 6. The molecule has 10 nitrogen and oxygen atoms in total. The first-order valence-electron chi connectivity index (χ1n) is 10.6. The van der Waals surface area contributed by atoms with Crippen LogP contribution in [0.2, 0.25) is 0 Å². The fourth-order valence-corrected chi connectivity index (χ4v) is 2.89. The van der Waals surface area contributed by atoms with E-state index in [4.69, 9.17) is 10.9 Å². The summed E-state index contributed by atoms with van der Waals surface area (Å²) in [6, 6.07) is 16.1. The Bertz CT molecular complexity index is 1220. The predicted octanol–water partition coefficient (Wildman–Crippen LogP) is 1.73. The van der Waals surface area contributed by atoms with E-state index in [9.17, 15) is 14.4 Å². The quantitative estimate of drug-likeness (QED) is 0.160. The number of benzene rings is 2. The molecule has 2 aromatic carbocycles. The lowest BCUT2D eigenvalue weighted by molar-refractivity contribution is -0.130. The monoisotopic (exact) mass is 488 g/mol. The Hall–Kier alpha value is -4.72. The molecule has 0 aliphatic carbocycles. The van der Waals surface area contributed by atoms with E-state index in [-0.39, 0.29) is 26.4 Å². The van der Waals surface area contributed by atoms with Crippen molar-refractivity contribution in [1.29, 1.82) is 0 Å². The van der Waals surface area contributed by atoms with Gasteiger partial charge in [0.25, 0.3) is 11.8 Å². The number of anilines is 2. The number of nitrogens with zero attached hydrogens (tertiary/aromatic N) is 1. The van der Waals surface area contributed by atoms with Crippen LogP contribution >= 0.6 is 0 Å². The lowest BCUT2D eigenvalue weighted by Gasteiger charge is -2.14. The molecular weight excluding hydrogens is 460 g/mol. The molecule has 3 rings (SSSR count). The molecule has 0 unspecified atom stereocenters. The first kappa shape index (κ1) is 27.5. The van der Waals surface area contributed by atoms with E-state index in [1.807, 2.05) is 0 Å². The van der Waals surface area contributed by atoms with Crippen LogP contribution < -0.4 is 27.2 Å². The highest BCUT2D eigenvalue weighted by molar-refractivity contribution is 5.97. The number of aromatic nitrogens is 1. The van der Waals surface area contributed by atoms with Crippen LogP contribution in [0.5, 0.6) is 0 Å². The molecular formula is C26H28N6O4. The van der Waals surface area contributed by atoms with Crippen molar-refractivity contribution in [2.75, 3.05) is 23.7 Å². The van der Waals surface area contributed by atoms with Crippen LogP contribution in [-0.2, 0) is 9.59 Å². The summed E-state index contributed by atoms with van der Waals surface area (Å²) in [5.41, 5.74) is 10.1. The maximum absolute atomic E-state index is 12.2. The lowest BCUT2D eigenvalue weighted by atomic mass is 10.1. The summed E-state index contributed by atoms with van der Waals surface area (Å²) in [6.45, 7) is -0.0340. The topological polar surface area (TPSA) is 158 Å². The van der Waals surface area contributed by atoms with Crippen LogP contribution in [0, 0.1) is 11.8 Å². The average molecular weight is 489 g/mol. The minimum Gasteiger partial charge on any atom is -0.376 e. The number of nitrogens with two attached hydrogens (primary N) is 1. The average Bonchev–Trinajstić information content (AvgIpc) is 2.90. The van der Waals surface area contributed by atoms with Gasteiger partial charge in [0.15, 0.2) is 0 Å². The molecule has 1 aromatic heterocycles. The van der Waals surface area contributed by atoms with Gasteiger partial charge in [0.1, 0.15) is 6.04 Å². The highest BCUT2D eigenvalue weighted by atomic mass is 16.5. The third-order valence-corrected chi connectivity index (χ3v) is 4.77. The molecule has 0 saturated carbocycles. The zero-order chi connectivity index (χ0) is 25.0. The minimum absolute atomic E-state index is 0. The van der Waals surface area contributed by atoms with Gasteiger partial charge >= 0.3 is 0 Å². The van der Waals surface area contributed by atoms with Crippen molar-refractivity contribution < 1.29 is 19.6 Å². The first-order valence-corrected chi connectivity index (χ1v) is 10.6. The van der Waals surface area contributed by atoms with Crippen molar-refractivity contribution in [3.63, 3.8) is 0 Å². The van der Waals surface area contributed by atoms with Crippen LogP contribution in [0.4, 0.5) is 11.4 Å². The fourth-order valence-electron chi connectivity index (χ4n) is 2.89. The van der Waals surface area contributed by atoms with Crippen LogP contribution in [0.15, 0.2) is 73.1 Å². The van der Waals surface area contributed by atoms with Gasteiger partial charge in [-0.05, 0) is 60.7 Å². The van der Waals surface area contributed by atoms with Gasteiger partial charge in [-0.1, -0.05) is 19.3 Å².